The molecule has 1 rings (SSSR count). The smallest absolute Gasteiger partial charge is 0.321 e. The van der Waals surface area contributed by atoms with Crippen LogP contribution in [0, 0.1) is 0 Å². The molecule has 0 heterocycles. The first-order chi connectivity index (χ1) is 8.08. The second-order valence-corrected chi connectivity index (χ2v) is 3.90. The molecule has 1 atom stereocenters. The standard InChI is InChI=1S/C13H20N2O2/c1-4-15(5-2)13(17)14-12-8-6-11(7-9-12)10(3)16/h6-10,16H,4-5H2,1-3H3,(H,14,17). The first-order valence-electron chi connectivity index (χ1n) is 5.92. The van der Waals surface area contributed by atoms with Crippen LogP contribution in [0.4, 0.5) is 10.5 Å². The van der Waals surface area contributed by atoms with Gasteiger partial charge >= 0.3 is 6.03 Å². The number of nitrogens with zero attached hydrogens (tertiary/aromatic N) is 1. The lowest BCUT2D eigenvalue weighted by Gasteiger charge is -2.19. The number of carbonyl (C=O) groups excluding carboxylic acids is 1. The van der Waals surface area contributed by atoms with Crippen LogP contribution in [0.15, 0.2) is 24.3 Å². The van der Waals surface area contributed by atoms with E-state index in [0.29, 0.717) is 13.1 Å². The predicted molar refractivity (Wildman–Crippen MR) is 69.0 cm³/mol. The molecule has 0 fully saturated rings. The largest absolute Gasteiger partial charge is 0.389 e. The van der Waals surface area contributed by atoms with Gasteiger partial charge in [0.1, 0.15) is 0 Å². The van der Waals surface area contributed by atoms with Gasteiger partial charge in [-0.25, -0.2) is 4.79 Å². The van der Waals surface area contributed by atoms with Gasteiger partial charge in [0.25, 0.3) is 0 Å². The molecule has 1 aromatic carbocycles. The normalized spacial score (nSPS) is 12.0. The van der Waals surface area contributed by atoms with Crippen LogP contribution in [-0.2, 0) is 0 Å². The molecule has 0 spiro atoms. The lowest BCUT2D eigenvalue weighted by molar-refractivity contribution is 0.199. The number of urea groups is 1. The minimum absolute atomic E-state index is 0.0974. The maximum atomic E-state index is 11.8. The van der Waals surface area contributed by atoms with Crippen LogP contribution in [-0.4, -0.2) is 29.1 Å². The molecule has 1 aromatic rings. The highest BCUT2D eigenvalue weighted by atomic mass is 16.3. The van der Waals surface area contributed by atoms with Crippen LogP contribution in [0.2, 0.25) is 0 Å². The predicted octanol–water partition coefficient (Wildman–Crippen LogP) is 2.61. The third-order valence-corrected chi connectivity index (χ3v) is 2.70. The number of aliphatic hydroxyl groups excluding tert-OH is 1. The molecule has 0 aliphatic rings. The highest BCUT2D eigenvalue weighted by Crippen LogP contribution is 2.15. The van der Waals surface area contributed by atoms with E-state index in [1.807, 2.05) is 26.0 Å². The summed E-state index contributed by atoms with van der Waals surface area (Å²) in [6.45, 7) is 6.98. The number of rotatable bonds is 4. The Morgan fingerprint density at radius 1 is 1.29 bits per heavy atom. The van der Waals surface area contributed by atoms with E-state index in [2.05, 4.69) is 5.32 Å². The SMILES string of the molecule is CCN(CC)C(=O)Nc1ccc(C(C)O)cc1. The Balaban J connectivity index is 2.66. The van der Waals surface area contributed by atoms with Gasteiger partial charge in [-0.2, -0.15) is 0 Å². The van der Waals surface area contributed by atoms with Crippen LogP contribution in [0.1, 0.15) is 32.4 Å². The number of hydrogen-bond donors (Lipinski definition) is 2. The van der Waals surface area contributed by atoms with Gasteiger partial charge in [-0.1, -0.05) is 12.1 Å². The van der Waals surface area contributed by atoms with E-state index in [1.165, 1.54) is 0 Å². The van der Waals surface area contributed by atoms with Crippen molar-refractivity contribution in [2.24, 2.45) is 0 Å². The third-order valence-electron chi connectivity index (χ3n) is 2.70. The fraction of sp³-hybridized carbons (Fsp3) is 0.462. The van der Waals surface area contributed by atoms with Crippen molar-refractivity contribution in [1.82, 2.24) is 4.90 Å². The monoisotopic (exact) mass is 236 g/mol. The topological polar surface area (TPSA) is 52.6 Å². The van der Waals surface area contributed by atoms with Gasteiger partial charge in [-0.3, -0.25) is 0 Å². The minimum Gasteiger partial charge on any atom is -0.389 e. The molecule has 94 valence electrons. The molecule has 0 saturated heterocycles. The Kier molecular flexibility index (Phi) is 4.97. The second-order valence-electron chi connectivity index (χ2n) is 3.90. The van der Waals surface area contributed by atoms with E-state index < -0.39 is 6.10 Å². The van der Waals surface area contributed by atoms with E-state index in [0.717, 1.165) is 11.3 Å². The van der Waals surface area contributed by atoms with Gasteiger partial charge in [0.15, 0.2) is 0 Å². The van der Waals surface area contributed by atoms with Crippen LogP contribution < -0.4 is 5.32 Å². The number of benzene rings is 1. The molecule has 2 amide bonds. The summed E-state index contributed by atoms with van der Waals surface area (Å²) in [6, 6.07) is 7.11. The third kappa shape index (κ3) is 3.75. The summed E-state index contributed by atoms with van der Waals surface area (Å²) in [7, 11) is 0. The van der Waals surface area contributed by atoms with E-state index in [1.54, 1.807) is 24.0 Å². The highest BCUT2D eigenvalue weighted by molar-refractivity contribution is 5.89. The van der Waals surface area contributed by atoms with Gasteiger partial charge in [0, 0.05) is 18.8 Å². The molecule has 17 heavy (non-hydrogen) atoms. The van der Waals surface area contributed by atoms with Gasteiger partial charge < -0.3 is 15.3 Å². The molecular weight excluding hydrogens is 216 g/mol. The van der Waals surface area contributed by atoms with Crippen molar-refractivity contribution in [3.63, 3.8) is 0 Å². The summed E-state index contributed by atoms with van der Waals surface area (Å²) in [6.07, 6.45) is -0.484. The zero-order valence-corrected chi connectivity index (χ0v) is 10.6. The number of aliphatic hydroxyl groups is 1. The zero-order chi connectivity index (χ0) is 12.8. The van der Waals surface area contributed by atoms with Crippen molar-refractivity contribution >= 4 is 11.7 Å². The zero-order valence-electron chi connectivity index (χ0n) is 10.6. The quantitative estimate of drug-likeness (QED) is 0.844. The maximum Gasteiger partial charge on any atom is 0.321 e. The molecule has 0 saturated carbocycles. The summed E-state index contributed by atoms with van der Waals surface area (Å²) < 4.78 is 0. The molecule has 0 radical (unpaired) electrons. The van der Waals surface area contributed by atoms with Gasteiger partial charge in [0.2, 0.25) is 0 Å². The second kappa shape index (κ2) is 6.25. The minimum atomic E-state index is -0.484. The van der Waals surface area contributed by atoms with Crippen molar-refractivity contribution in [3.8, 4) is 0 Å². The van der Waals surface area contributed by atoms with Crippen LogP contribution in [0.25, 0.3) is 0 Å². The van der Waals surface area contributed by atoms with Gasteiger partial charge in [0.05, 0.1) is 6.10 Å². The van der Waals surface area contributed by atoms with Gasteiger partial charge in [-0.15, -0.1) is 0 Å². The Labute approximate surface area is 102 Å². The van der Waals surface area contributed by atoms with Crippen molar-refractivity contribution in [2.45, 2.75) is 26.9 Å². The summed E-state index contributed by atoms with van der Waals surface area (Å²) >= 11 is 0. The molecule has 0 aromatic heterocycles. The fourth-order valence-electron chi connectivity index (χ4n) is 1.56. The number of amides is 2. The summed E-state index contributed by atoms with van der Waals surface area (Å²) in [5, 5.41) is 12.2. The molecule has 4 heteroatoms. The van der Waals surface area contributed by atoms with E-state index >= 15 is 0 Å². The van der Waals surface area contributed by atoms with E-state index in [4.69, 9.17) is 0 Å². The summed E-state index contributed by atoms with van der Waals surface area (Å²) in [5.41, 5.74) is 1.58. The summed E-state index contributed by atoms with van der Waals surface area (Å²) in [5.74, 6) is 0. The molecule has 4 nitrogen and oxygen atoms in total. The molecular formula is C13H20N2O2. The molecule has 1 unspecified atom stereocenters. The van der Waals surface area contributed by atoms with Gasteiger partial charge in [-0.05, 0) is 38.5 Å². The van der Waals surface area contributed by atoms with Crippen molar-refractivity contribution in [2.75, 3.05) is 18.4 Å². The average Bonchev–Trinajstić information content (AvgIpc) is 2.31. The summed E-state index contributed by atoms with van der Waals surface area (Å²) in [4.78, 5) is 13.5. The fourth-order valence-corrected chi connectivity index (χ4v) is 1.56. The first kappa shape index (κ1) is 13.5. The number of nitrogens with one attached hydrogen (secondary N) is 1. The average molecular weight is 236 g/mol. The Hall–Kier alpha value is -1.55. The Bertz CT molecular complexity index is 356. The van der Waals surface area contributed by atoms with Crippen molar-refractivity contribution in [1.29, 1.82) is 0 Å². The van der Waals surface area contributed by atoms with Crippen LogP contribution in [0.5, 0.6) is 0 Å². The van der Waals surface area contributed by atoms with E-state index in [-0.39, 0.29) is 6.03 Å². The highest BCUT2D eigenvalue weighted by Gasteiger charge is 2.09. The lowest BCUT2D eigenvalue weighted by Crippen LogP contribution is -2.34. The maximum absolute atomic E-state index is 11.8. The molecule has 2 N–H and O–H groups in total. The number of carbonyl (C=O) groups is 1. The van der Waals surface area contributed by atoms with Crippen molar-refractivity contribution in [3.05, 3.63) is 29.8 Å². The molecule has 0 bridgehead atoms. The van der Waals surface area contributed by atoms with Crippen LogP contribution >= 0.6 is 0 Å². The van der Waals surface area contributed by atoms with Crippen molar-refractivity contribution < 1.29 is 9.90 Å². The molecule has 0 aliphatic carbocycles. The number of hydrogen-bond acceptors (Lipinski definition) is 2. The van der Waals surface area contributed by atoms with Crippen LogP contribution in [0.3, 0.4) is 0 Å². The number of anilines is 1. The van der Waals surface area contributed by atoms with E-state index in [9.17, 15) is 9.90 Å². The lowest BCUT2D eigenvalue weighted by atomic mass is 10.1. The molecule has 0 aliphatic heterocycles. The Morgan fingerprint density at radius 2 is 1.82 bits per heavy atom. The Morgan fingerprint density at radius 3 is 2.24 bits per heavy atom. The first-order valence-corrected chi connectivity index (χ1v) is 5.92.